The minimum Gasteiger partial charge on any atom is -0.381 e. The van der Waals surface area contributed by atoms with Crippen LogP contribution in [0.25, 0.3) is 0 Å². The number of carbonyl (C=O) groups is 1. The van der Waals surface area contributed by atoms with E-state index in [0.717, 1.165) is 18.6 Å². The van der Waals surface area contributed by atoms with Crippen LogP contribution in [-0.4, -0.2) is 29.9 Å². The molecule has 0 heterocycles. The fourth-order valence-electron chi connectivity index (χ4n) is 2.08. The molecule has 0 bridgehead atoms. The molecule has 0 aromatic heterocycles. The zero-order valence-electron chi connectivity index (χ0n) is 12.5. The molecule has 1 atom stereocenters. The first-order valence-corrected chi connectivity index (χ1v) is 7.00. The van der Waals surface area contributed by atoms with Gasteiger partial charge in [0, 0.05) is 24.7 Å². The zero-order chi connectivity index (χ0) is 15.3. The van der Waals surface area contributed by atoms with E-state index in [9.17, 15) is 13.6 Å². The van der Waals surface area contributed by atoms with Crippen LogP contribution < -0.4 is 5.32 Å². The van der Waals surface area contributed by atoms with Crippen molar-refractivity contribution < 1.29 is 13.6 Å². The average Bonchev–Trinajstić information content (AvgIpc) is 2.42. The molecule has 0 aliphatic heterocycles. The van der Waals surface area contributed by atoms with Gasteiger partial charge in [0.25, 0.3) is 5.91 Å². The molecule has 0 radical (unpaired) electrons. The van der Waals surface area contributed by atoms with Crippen molar-refractivity contribution >= 4 is 11.6 Å². The monoisotopic (exact) mass is 284 g/mol. The standard InChI is InChI=1S/C15H22F2N2O/c1-5-10(4)19(7-3)15(20)11-8-12(16)14(18-6-2)13(17)9-11/h8-10,18H,5-7H2,1-4H3. The van der Waals surface area contributed by atoms with Crippen molar-refractivity contribution in [3.63, 3.8) is 0 Å². The molecule has 0 aliphatic rings. The molecule has 0 saturated heterocycles. The van der Waals surface area contributed by atoms with Gasteiger partial charge >= 0.3 is 0 Å². The number of nitrogens with zero attached hydrogens (tertiary/aromatic N) is 1. The third kappa shape index (κ3) is 3.46. The molecule has 1 amide bonds. The molecule has 1 rings (SSSR count). The van der Waals surface area contributed by atoms with E-state index in [4.69, 9.17) is 0 Å². The summed E-state index contributed by atoms with van der Waals surface area (Å²) in [6.07, 6.45) is 0.792. The Morgan fingerprint density at radius 2 is 1.80 bits per heavy atom. The Hall–Kier alpha value is -1.65. The van der Waals surface area contributed by atoms with Crippen molar-refractivity contribution in [1.29, 1.82) is 0 Å². The Balaban J connectivity index is 3.11. The van der Waals surface area contributed by atoms with Gasteiger partial charge in [0.1, 0.15) is 17.3 Å². The van der Waals surface area contributed by atoms with Crippen LogP contribution in [0.3, 0.4) is 0 Å². The number of carbonyl (C=O) groups excluding carboxylic acids is 1. The number of rotatable bonds is 6. The molecular formula is C15H22F2N2O. The van der Waals surface area contributed by atoms with Crippen LogP contribution in [0.5, 0.6) is 0 Å². The average molecular weight is 284 g/mol. The minimum absolute atomic E-state index is 0.0343. The number of nitrogens with one attached hydrogen (secondary N) is 1. The Bertz CT molecular complexity index is 454. The predicted molar refractivity (Wildman–Crippen MR) is 77.0 cm³/mol. The maximum atomic E-state index is 13.8. The Morgan fingerprint density at radius 3 is 2.20 bits per heavy atom. The molecule has 1 N–H and O–H groups in total. The summed E-state index contributed by atoms with van der Waals surface area (Å²) in [5, 5.41) is 2.61. The van der Waals surface area contributed by atoms with E-state index in [0.29, 0.717) is 13.1 Å². The fraction of sp³-hybridized carbons (Fsp3) is 0.533. The Morgan fingerprint density at radius 1 is 1.25 bits per heavy atom. The highest BCUT2D eigenvalue weighted by Gasteiger charge is 2.21. The van der Waals surface area contributed by atoms with Crippen LogP contribution in [0, 0.1) is 11.6 Å². The molecule has 0 spiro atoms. The van der Waals surface area contributed by atoms with Crippen molar-refractivity contribution in [2.75, 3.05) is 18.4 Å². The molecule has 1 aromatic rings. The van der Waals surface area contributed by atoms with Gasteiger partial charge in [-0.15, -0.1) is 0 Å². The van der Waals surface area contributed by atoms with Gasteiger partial charge in [-0.2, -0.15) is 0 Å². The van der Waals surface area contributed by atoms with Crippen molar-refractivity contribution in [2.24, 2.45) is 0 Å². The second kappa shape index (κ2) is 7.22. The number of hydrogen-bond acceptors (Lipinski definition) is 2. The maximum Gasteiger partial charge on any atom is 0.254 e. The van der Waals surface area contributed by atoms with Crippen LogP contribution in [-0.2, 0) is 0 Å². The van der Waals surface area contributed by atoms with Crippen LogP contribution in [0.1, 0.15) is 44.5 Å². The van der Waals surface area contributed by atoms with Crippen molar-refractivity contribution in [2.45, 2.75) is 40.2 Å². The fourth-order valence-corrected chi connectivity index (χ4v) is 2.08. The SMILES string of the molecule is CCNc1c(F)cc(C(=O)N(CC)C(C)CC)cc1F. The van der Waals surface area contributed by atoms with Gasteiger partial charge in [-0.25, -0.2) is 8.78 Å². The molecule has 3 nitrogen and oxygen atoms in total. The molecule has 1 aromatic carbocycles. The van der Waals surface area contributed by atoms with E-state index in [1.165, 1.54) is 0 Å². The van der Waals surface area contributed by atoms with Gasteiger partial charge < -0.3 is 10.2 Å². The van der Waals surface area contributed by atoms with Crippen LogP contribution in [0.4, 0.5) is 14.5 Å². The summed E-state index contributed by atoms with van der Waals surface area (Å²) in [5.41, 5.74) is -0.139. The second-order valence-corrected chi connectivity index (χ2v) is 4.69. The molecule has 0 saturated carbocycles. The summed E-state index contributed by atoms with van der Waals surface area (Å²) in [4.78, 5) is 13.9. The molecule has 112 valence electrons. The number of amides is 1. The lowest BCUT2D eigenvalue weighted by molar-refractivity contribution is 0.0699. The van der Waals surface area contributed by atoms with Crippen molar-refractivity contribution in [1.82, 2.24) is 4.90 Å². The Labute approximate surface area is 119 Å². The highest BCUT2D eigenvalue weighted by atomic mass is 19.1. The summed E-state index contributed by atoms with van der Waals surface area (Å²) < 4.78 is 27.7. The van der Waals surface area contributed by atoms with Crippen molar-refractivity contribution in [3.05, 3.63) is 29.3 Å². The first-order valence-electron chi connectivity index (χ1n) is 7.00. The maximum absolute atomic E-state index is 13.8. The van der Waals surface area contributed by atoms with E-state index >= 15 is 0 Å². The van der Waals surface area contributed by atoms with E-state index in [1.807, 2.05) is 20.8 Å². The molecule has 0 aliphatic carbocycles. The van der Waals surface area contributed by atoms with Gasteiger partial charge in [-0.3, -0.25) is 4.79 Å². The summed E-state index contributed by atoms with van der Waals surface area (Å²) in [7, 11) is 0. The van der Waals surface area contributed by atoms with Gasteiger partial charge in [0.15, 0.2) is 0 Å². The smallest absolute Gasteiger partial charge is 0.254 e. The zero-order valence-corrected chi connectivity index (χ0v) is 12.5. The lowest BCUT2D eigenvalue weighted by atomic mass is 10.1. The van der Waals surface area contributed by atoms with E-state index in [-0.39, 0.29) is 23.2 Å². The first-order chi connectivity index (χ1) is 9.46. The third-order valence-electron chi connectivity index (χ3n) is 3.37. The first kappa shape index (κ1) is 16.4. The second-order valence-electron chi connectivity index (χ2n) is 4.69. The van der Waals surface area contributed by atoms with Crippen LogP contribution in [0.2, 0.25) is 0 Å². The summed E-state index contributed by atoms with van der Waals surface area (Å²) in [5.74, 6) is -1.83. The molecule has 5 heteroatoms. The van der Waals surface area contributed by atoms with E-state index in [1.54, 1.807) is 11.8 Å². The third-order valence-corrected chi connectivity index (χ3v) is 3.37. The lowest BCUT2D eigenvalue weighted by Gasteiger charge is -2.27. The van der Waals surface area contributed by atoms with Crippen LogP contribution in [0.15, 0.2) is 12.1 Å². The number of benzene rings is 1. The predicted octanol–water partition coefficient (Wildman–Crippen LogP) is 3.66. The largest absolute Gasteiger partial charge is 0.381 e. The summed E-state index contributed by atoms with van der Waals surface area (Å²) in [6.45, 7) is 8.40. The van der Waals surface area contributed by atoms with Crippen LogP contribution >= 0.6 is 0 Å². The highest BCUT2D eigenvalue weighted by molar-refractivity contribution is 5.94. The number of anilines is 1. The van der Waals surface area contributed by atoms with Crippen molar-refractivity contribution in [3.8, 4) is 0 Å². The topological polar surface area (TPSA) is 32.3 Å². The van der Waals surface area contributed by atoms with Gasteiger partial charge in [-0.05, 0) is 39.3 Å². The number of hydrogen-bond donors (Lipinski definition) is 1. The minimum atomic E-state index is -0.740. The van der Waals surface area contributed by atoms with Gasteiger partial charge in [0.05, 0.1) is 0 Å². The normalized spacial score (nSPS) is 12.1. The molecule has 1 unspecified atom stereocenters. The summed E-state index contributed by atoms with van der Waals surface area (Å²) in [6, 6.07) is 2.22. The Kier molecular flexibility index (Phi) is 5.92. The summed E-state index contributed by atoms with van der Waals surface area (Å²) >= 11 is 0. The molecule has 0 fully saturated rings. The van der Waals surface area contributed by atoms with Gasteiger partial charge in [0.2, 0.25) is 0 Å². The van der Waals surface area contributed by atoms with E-state index < -0.39 is 11.6 Å². The highest BCUT2D eigenvalue weighted by Crippen LogP contribution is 2.22. The molecular weight excluding hydrogens is 262 g/mol. The van der Waals surface area contributed by atoms with E-state index in [2.05, 4.69) is 5.32 Å². The quantitative estimate of drug-likeness (QED) is 0.864. The molecule has 20 heavy (non-hydrogen) atoms. The number of halogens is 2. The van der Waals surface area contributed by atoms with Gasteiger partial charge in [-0.1, -0.05) is 6.92 Å². The lowest BCUT2D eigenvalue weighted by Crippen LogP contribution is -2.38.